The third-order valence-corrected chi connectivity index (χ3v) is 4.85. The molecular formula is C17H26N2O2. The van der Waals surface area contributed by atoms with E-state index in [9.17, 15) is 5.11 Å². The van der Waals surface area contributed by atoms with Crippen LogP contribution in [-0.4, -0.2) is 30.8 Å². The van der Waals surface area contributed by atoms with Gasteiger partial charge in [-0.2, -0.15) is 0 Å². The summed E-state index contributed by atoms with van der Waals surface area (Å²) in [4.78, 5) is 0. The average Bonchev–Trinajstić information content (AvgIpc) is 3.38. The summed E-state index contributed by atoms with van der Waals surface area (Å²) in [7, 11) is 0. The first-order valence-corrected chi connectivity index (χ1v) is 8.10. The quantitative estimate of drug-likeness (QED) is 0.699. The molecular weight excluding hydrogens is 264 g/mol. The first-order valence-electron chi connectivity index (χ1n) is 8.10. The molecule has 1 aliphatic carbocycles. The van der Waals surface area contributed by atoms with Gasteiger partial charge in [-0.3, -0.25) is 0 Å². The Morgan fingerprint density at radius 1 is 1.29 bits per heavy atom. The van der Waals surface area contributed by atoms with Gasteiger partial charge < -0.3 is 20.9 Å². The number of hydrogen-bond donors (Lipinski definition) is 3. The normalized spacial score (nSPS) is 29.9. The van der Waals surface area contributed by atoms with Gasteiger partial charge in [-0.05, 0) is 55.2 Å². The number of aliphatic hydroxyl groups is 1. The summed E-state index contributed by atoms with van der Waals surface area (Å²) in [5.41, 5.74) is 6.32. The third kappa shape index (κ3) is 3.96. The Labute approximate surface area is 126 Å². The molecule has 2 unspecified atom stereocenters. The zero-order chi connectivity index (χ0) is 14.7. The predicted octanol–water partition coefficient (Wildman–Crippen LogP) is 1.84. The van der Waals surface area contributed by atoms with Crippen molar-refractivity contribution in [1.82, 2.24) is 5.32 Å². The van der Waals surface area contributed by atoms with Crippen LogP contribution in [0.2, 0.25) is 0 Å². The van der Waals surface area contributed by atoms with Crippen LogP contribution in [0.5, 0.6) is 5.75 Å². The van der Waals surface area contributed by atoms with Crippen LogP contribution < -0.4 is 15.8 Å². The van der Waals surface area contributed by atoms with Crippen LogP contribution in [0.15, 0.2) is 24.3 Å². The molecule has 116 valence electrons. The van der Waals surface area contributed by atoms with Crippen LogP contribution in [0.4, 0.5) is 0 Å². The van der Waals surface area contributed by atoms with Gasteiger partial charge in [-0.1, -0.05) is 12.1 Å². The zero-order valence-electron chi connectivity index (χ0n) is 12.5. The van der Waals surface area contributed by atoms with Gasteiger partial charge in [0.05, 0.1) is 12.7 Å². The molecule has 1 heterocycles. The third-order valence-electron chi connectivity index (χ3n) is 4.85. The number of ether oxygens (including phenoxy) is 1. The highest BCUT2D eigenvalue weighted by Crippen LogP contribution is 2.33. The predicted molar refractivity (Wildman–Crippen MR) is 83.2 cm³/mol. The van der Waals surface area contributed by atoms with Crippen LogP contribution >= 0.6 is 0 Å². The minimum Gasteiger partial charge on any atom is -0.493 e. The van der Waals surface area contributed by atoms with Crippen molar-refractivity contribution in [3.63, 3.8) is 0 Å². The van der Waals surface area contributed by atoms with Gasteiger partial charge in [0.2, 0.25) is 0 Å². The minimum absolute atomic E-state index is 0.239. The van der Waals surface area contributed by atoms with Crippen molar-refractivity contribution in [3.8, 4) is 5.75 Å². The molecule has 4 heteroatoms. The lowest BCUT2D eigenvalue weighted by atomic mass is 9.81. The Kier molecular flexibility index (Phi) is 4.78. The first kappa shape index (κ1) is 14.8. The van der Waals surface area contributed by atoms with E-state index in [4.69, 9.17) is 10.5 Å². The van der Waals surface area contributed by atoms with Gasteiger partial charge in [0.1, 0.15) is 5.75 Å². The van der Waals surface area contributed by atoms with Crippen LogP contribution in [0.1, 0.15) is 37.4 Å². The van der Waals surface area contributed by atoms with Crippen molar-refractivity contribution >= 4 is 0 Å². The number of nitrogens with two attached hydrogens (primary N) is 1. The minimum atomic E-state index is -0.602. The van der Waals surface area contributed by atoms with E-state index in [1.165, 1.54) is 32.2 Å². The van der Waals surface area contributed by atoms with Crippen molar-refractivity contribution in [2.75, 3.05) is 19.7 Å². The molecule has 4 N–H and O–H groups in total. The van der Waals surface area contributed by atoms with E-state index < -0.39 is 6.10 Å². The smallest absolute Gasteiger partial charge is 0.119 e. The molecule has 3 rings (SSSR count). The van der Waals surface area contributed by atoms with Gasteiger partial charge in [-0.15, -0.1) is 0 Å². The summed E-state index contributed by atoms with van der Waals surface area (Å²) in [6, 6.07) is 8.46. The maximum absolute atomic E-state index is 9.77. The topological polar surface area (TPSA) is 77.4 Å². The molecule has 1 aliphatic heterocycles. The van der Waals surface area contributed by atoms with Gasteiger partial charge in [-0.25, -0.2) is 0 Å². The summed E-state index contributed by atoms with van der Waals surface area (Å²) in [6.45, 7) is 2.25. The lowest BCUT2D eigenvalue weighted by Crippen LogP contribution is -2.23. The molecule has 2 aliphatic rings. The second-order valence-corrected chi connectivity index (χ2v) is 6.43. The monoisotopic (exact) mass is 290 g/mol. The highest BCUT2D eigenvalue weighted by atomic mass is 16.5. The average molecular weight is 290 g/mol. The van der Waals surface area contributed by atoms with Crippen molar-refractivity contribution in [1.29, 1.82) is 0 Å². The largest absolute Gasteiger partial charge is 0.493 e. The van der Waals surface area contributed by atoms with Crippen LogP contribution in [0, 0.1) is 11.8 Å². The Morgan fingerprint density at radius 3 is 2.71 bits per heavy atom. The van der Waals surface area contributed by atoms with Gasteiger partial charge in [0.15, 0.2) is 0 Å². The SMILES string of the molecule is NCC(O)c1cccc(OCC2CCC(C3CN3)CC2)c1. The van der Waals surface area contributed by atoms with E-state index in [0.717, 1.165) is 29.9 Å². The fourth-order valence-corrected chi connectivity index (χ4v) is 3.32. The molecule has 0 bridgehead atoms. The zero-order valence-corrected chi connectivity index (χ0v) is 12.5. The number of nitrogens with one attached hydrogen (secondary N) is 1. The molecule has 1 aromatic carbocycles. The molecule has 2 atom stereocenters. The molecule has 0 amide bonds. The van der Waals surface area contributed by atoms with E-state index in [1.54, 1.807) is 0 Å². The molecule has 1 saturated heterocycles. The van der Waals surface area contributed by atoms with Crippen LogP contribution in [0.25, 0.3) is 0 Å². The Bertz CT molecular complexity index is 454. The summed E-state index contributed by atoms with van der Waals surface area (Å²) in [5, 5.41) is 13.2. The molecule has 0 spiro atoms. The lowest BCUT2D eigenvalue weighted by molar-refractivity contribution is 0.177. The fraction of sp³-hybridized carbons (Fsp3) is 0.647. The van der Waals surface area contributed by atoms with Gasteiger partial charge in [0, 0.05) is 19.1 Å². The standard InChI is InChI=1S/C17H26N2O2/c18-9-17(20)14-2-1-3-15(8-14)21-11-12-4-6-13(7-5-12)16-10-19-16/h1-3,8,12-13,16-17,19-20H,4-7,9-11,18H2. The highest BCUT2D eigenvalue weighted by Gasteiger charge is 2.33. The summed E-state index contributed by atoms with van der Waals surface area (Å²) < 4.78 is 5.92. The maximum Gasteiger partial charge on any atom is 0.119 e. The van der Waals surface area contributed by atoms with E-state index in [-0.39, 0.29) is 6.54 Å². The first-order chi connectivity index (χ1) is 10.3. The summed E-state index contributed by atoms with van der Waals surface area (Å²) in [6.07, 6.45) is 4.60. The molecule has 0 aromatic heterocycles. The Balaban J connectivity index is 1.46. The second kappa shape index (κ2) is 6.77. The maximum atomic E-state index is 9.77. The second-order valence-electron chi connectivity index (χ2n) is 6.43. The van der Waals surface area contributed by atoms with E-state index >= 15 is 0 Å². The molecule has 2 fully saturated rings. The van der Waals surface area contributed by atoms with Crippen LogP contribution in [-0.2, 0) is 0 Å². The molecule has 21 heavy (non-hydrogen) atoms. The van der Waals surface area contributed by atoms with Crippen molar-refractivity contribution in [2.24, 2.45) is 17.6 Å². The molecule has 0 radical (unpaired) electrons. The van der Waals surface area contributed by atoms with Gasteiger partial charge >= 0.3 is 0 Å². The fourth-order valence-electron chi connectivity index (χ4n) is 3.32. The Hall–Kier alpha value is -1.10. The van der Waals surface area contributed by atoms with E-state index in [1.807, 2.05) is 24.3 Å². The number of rotatable bonds is 6. The lowest BCUT2D eigenvalue weighted by Gasteiger charge is -2.28. The van der Waals surface area contributed by atoms with Crippen LogP contribution in [0.3, 0.4) is 0 Å². The highest BCUT2D eigenvalue weighted by molar-refractivity contribution is 5.30. The Morgan fingerprint density at radius 2 is 2.05 bits per heavy atom. The van der Waals surface area contributed by atoms with E-state index in [0.29, 0.717) is 5.92 Å². The van der Waals surface area contributed by atoms with Gasteiger partial charge in [0.25, 0.3) is 0 Å². The number of aliphatic hydroxyl groups excluding tert-OH is 1. The van der Waals surface area contributed by atoms with E-state index in [2.05, 4.69) is 5.32 Å². The van der Waals surface area contributed by atoms with Crippen molar-refractivity contribution in [3.05, 3.63) is 29.8 Å². The molecule has 1 saturated carbocycles. The number of benzene rings is 1. The van der Waals surface area contributed by atoms with Crippen molar-refractivity contribution in [2.45, 2.75) is 37.8 Å². The summed E-state index contributed by atoms with van der Waals surface area (Å²) >= 11 is 0. The number of hydrogen-bond acceptors (Lipinski definition) is 4. The summed E-state index contributed by atoms with van der Waals surface area (Å²) in [5.74, 6) is 2.40. The molecule has 1 aromatic rings. The van der Waals surface area contributed by atoms with Crippen molar-refractivity contribution < 1.29 is 9.84 Å². The molecule has 4 nitrogen and oxygen atoms in total.